The van der Waals surface area contributed by atoms with E-state index in [1.165, 1.54) is 19.2 Å². The fraction of sp³-hybridized carbons (Fsp3) is 0.562. The molecule has 0 bridgehead atoms. The number of nitrogens with zero attached hydrogens (tertiary/aromatic N) is 1. The van der Waals surface area contributed by atoms with E-state index >= 15 is 0 Å². The summed E-state index contributed by atoms with van der Waals surface area (Å²) in [4.78, 5) is 13.8. The van der Waals surface area contributed by atoms with Crippen LogP contribution in [0.15, 0.2) is 18.2 Å². The molecule has 0 saturated heterocycles. The highest BCUT2D eigenvalue weighted by molar-refractivity contribution is 5.75. The number of amides is 2. The topological polar surface area (TPSA) is 61.8 Å². The molecule has 2 unspecified atom stereocenters. The van der Waals surface area contributed by atoms with Gasteiger partial charge in [-0.05, 0) is 45.4 Å². The Morgan fingerprint density at radius 2 is 2.00 bits per heavy atom. The number of rotatable bonds is 6. The van der Waals surface area contributed by atoms with E-state index < -0.39 is 11.9 Å². The Kier molecular flexibility index (Phi) is 6.61. The van der Waals surface area contributed by atoms with Gasteiger partial charge in [0.25, 0.3) is 0 Å². The van der Waals surface area contributed by atoms with Gasteiger partial charge >= 0.3 is 6.03 Å². The highest BCUT2D eigenvalue weighted by atomic mass is 19.1. The second-order valence-electron chi connectivity index (χ2n) is 5.66. The van der Waals surface area contributed by atoms with Gasteiger partial charge in [-0.3, -0.25) is 0 Å². The zero-order valence-corrected chi connectivity index (χ0v) is 13.8. The lowest BCUT2D eigenvalue weighted by Crippen LogP contribution is -2.47. The number of methoxy groups -OCH3 is 1. The van der Waals surface area contributed by atoms with Crippen LogP contribution < -0.4 is 10.1 Å². The minimum Gasteiger partial charge on any atom is -0.494 e. The van der Waals surface area contributed by atoms with Gasteiger partial charge in [0.05, 0.1) is 19.3 Å². The van der Waals surface area contributed by atoms with Gasteiger partial charge in [-0.15, -0.1) is 0 Å². The molecular weight excluding hydrogens is 287 g/mol. The summed E-state index contributed by atoms with van der Waals surface area (Å²) in [6, 6.07) is 3.89. The molecule has 0 saturated carbocycles. The van der Waals surface area contributed by atoms with Crippen LogP contribution in [0.5, 0.6) is 5.75 Å². The molecule has 1 rings (SSSR count). The van der Waals surface area contributed by atoms with Gasteiger partial charge in [0, 0.05) is 12.6 Å². The number of halogens is 1. The van der Waals surface area contributed by atoms with Crippen molar-refractivity contribution in [3.63, 3.8) is 0 Å². The van der Waals surface area contributed by atoms with Crippen molar-refractivity contribution in [2.45, 2.75) is 45.9 Å². The molecule has 2 amide bonds. The first-order valence-electron chi connectivity index (χ1n) is 7.34. The number of carbonyl (C=O) groups excluding carboxylic acids is 1. The summed E-state index contributed by atoms with van der Waals surface area (Å²) in [5, 5.41) is 12.3. The average molecular weight is 312 g/mol. The van der Waals surface area contributed by atoms with E-state index in [1.807, 2.05) is 13.8 Å². The summed E-state index contributed by atoms with van der Waals surface area (Å²) in [5.74, 6) is -0.300. The van der Waals surface area contributed by atoms with Crippen molar-refractivity contribution in [1.82, 2.24) is 10.2 Å². The summed E-state index contributed by atoms with van der Waals surface area (Å²) in [5.41, 5.74) is 0.646. The number of hydrogen-bond acceptors (Lipinski definition) is 3. The average Bonchev–Trinajstić information content (AvgIpc) is 2.43. The maximum atomic E-state index is 13.7. The van der Waals surface area contributed by atoms with Crippen molar-refractivity contribution in [2.75, 3.05) is 13.7 Å². The third-order valence-corrected chi connectivity index (χ3v) is 3.36. The predicted molar refractivity (Wildman–Crippen MR) is 83.4 cm³/mol. The Hall–Kier alpha value is -1.82. The van der Waals surface area contributed by atoms with Gasteiger partial charge in [-0.2, -0.15) is 0 Å². The van der Waals surface area contributed by atoms with Gasteiger partial charge in [0.2, 0.25) is 0 Å². The number of hydrogen-bond donors (Lipinski definition) is 2. The largest absolute Gasteiger partial charge is 0.494 e. The van der Waals surface area contributed by atoms with Crippen LogP contribution in [0.4, 0.5) is 9.18 Å². The van der Waals surface area contributed by atoms with E-state index in [9.17, 15) is 14.3 Å². The van der Waals surface area contributed by atoms with E-state index in [1.54, 1.807) is 24.8 Å². The van der Waals surface area contributed by atoms with Crippen molar-refractivity contribution in [2.24, 2.45) is 0 Å². The molecule has 0 aliphatic carbocycles. The minimum absolute atomic E-state index is 0.0468. The molecule has 0 aromatic heterocycles. The quantitative estimate of drug-likeness (QED) is 0.849. The first kappa shape index (κ1) is 18.2. The van der Waals surface area contributed by atoms with Crippen molar-refractivity contribution >= 4 is 6.03 Å². The van der Waals surface area contributed by atoms with Crippen LogP contribution in [0.2, 0.25) is 0 Å². The Labute approximate surface area is 131 Å². The summed E-state index contributed by atoms with van der Waals surface area (Å²) in [7, 11) is 1.40. The maximum absolute atomic E-state index is 13.7. The molecule has 0 heterocycles. The standard InChI is InChI=1S/C16H25FN2O3/c1-10(2)19(9-11(3)20)16(21)18-12(4)13-6-7-15(22-5)14(17)8-13/h6-8,10-12,20H,9H2,1-5H3,(H,18,21). The molecule has 0 aliphatic rings. The predicted octanol–water partition coefficient (Wildman–Crippen LogP) is 2.70. The fourth-order valence-electron chi connectivity index (χ4n) is 2.12. The van der Waals surface area contributed by atoms with Crippen LogP contribution in [-0.2, 0) is 0 Å². The molecule has 124 valence electrons. The number of ether oxygens (including phenoxy) is 1. The third kappa shape index (κ3) is 4.87. The smallest absolute Gasteiger partial charge is 0.318 e. The lowest BCUT2D eigenvalue weighted by molar-refractivity contribution is 0.117. The first-order chi connectivity index (χ1) is 10.3. The maximum Gasteiger partial charge on any atom is 0.318 e. The molecule has 2 atom stereocenters. The number of carbonyl (C=O) groups is 1. The number of aliphatic hydroxyl groups excluding tert-OH is 1. The molecule has 0 aliphatic heterocycles. The van der Waals surface area contributed by atoms with Crippen LogP contribution in [0, 0.1) is 5.82 Å². The number of nitrogens with one attached hydrogen (secondary N) is 1. The van der Waals surface area contributed by atoms with Gasteiger partial charge in [-0.25, -0.2) is 9.18 Å². The van der Waals surface area contributed by atoms with E-state index in [4.69, 9.17) is 4.74 Å². The molecule has 0 spiro atoms. The molecule has 6 heteroatoms. The van der Waals surface area contributed by atoms with Crippen molar-refractivity contribution in [1.29, 1.82) is 0 Å². The fourth-order valence-corrected chi connectivity index (χ4v) is 2.12. The molecule has 1 aromatic rings. The molecular formula is C16H25FN2O3. The molecule has 22 heavy (non-hydrogen) atoms. The van der Waals surface area contributed by atoms with E-state index in [0.29, 0.717) is 5.56 Å². The molecule has 1 aromatic carbocycles. The van der Waals surface area contributed by atoms with Crippen molar-refractivity contribution < 1.29 is 19.0 Å². The zero-order chi connectivity index (χ0) is 16.9. The van der Waals surface area contributed by atoms with Crippen LogP contribution in [0.1, 0.15) is 39.3 Å². The summed E-state index contributed by atoms with van der Waals surface area (Å²) < 4.78 is 18.6. The highest BCUT2D eigenvalue weighted by Gasteiger charge is 2.21. The summed E-state index contributed by atoms with van der Waals surface area (Å²) >= 11 is 0. The SMILES string of the molecule is COc1ccc(C(C)NC(=O)N(CC(C)O)C(C)C)cc1F. The van der Waals surface area contributed by atoms with E-state index in [0.717, 1.165) is 0 Å². The summed E-state index contributed by atoms with van der Waals surface area (Å²) in [6.45, 7) is 7.40. The van der Waals surface area contributed by atoms with Gasteiger partial charge in [-0.1, -0.05) is 6.07 Å². The number of aliphatic hydroxyl groups is 1. The normalized spacial score (nSPS) is 13.6. The van der Waals surface area contributed by atoms with Crippen LogP contribution in [0.25, 0.3) is 0 Å². The Morgan fingerprint density at radius 1 is 1.36 bits per heavy atom. The van der Waals surface area contributed by atoms with Gasteiger partial charge < -0.3 is 20.1 Å². The van der Waals surface area contributed by atoms with Crippen LogP contribution in [-0.4, -0.2) is 41.8 Å². The van der Waals surface area contributed by atoms with E-state index in [2.05, 4.69) is 5.32 Å². The second-order valence-corrected chi connectivity index (χ2v) is 5.66. The first-order valence-corrected chi connectivity index (χ1v) is 7.34. The lowest BCUT2D eigenvalue weighted by Gasteiger charge is -2.29. The van der Waals surface area contributed by atoms with Crippen molar-refractivity contribution in [3.05, 3.63) is 29.6 Å². The molecule has 0 fully saturated rings. The number of urea groups is 1. The zero-order valence-electron chi connectivity index (χ0n) is 13.8. The van der Waals surface area contributed by atoms with Crippen LogP contribution in [0.3, 0.4) is 0 Å². The Morgan fingerprint density at radius 3 is 2.45 bits per heavy atom. The second kappa shape index (κ2) is 7.98. The van der Waals surface area contributed by atoms with Crippen LogP contribution >= 0.6 is 0 Å². The van der Waals surface area contributed by atoms with Gasteiger partial charge in [0.15, 0.2) is 11.6 Å². The molecule has 0 radical (unpaired) electrons. The third-order valence-electron chi connectivity index (χ3n) is 3.36. The molecule has 5 nitrogen and oxygen atoms in total. The van der Waals surface area contributed by atoms with E-state index in [-0.39, 0.29) is 30.4 Å². The Balaban J connectivity index is 2.79. The Bertz CT molecular complexity index is 506. The summed E-state index contributed by atoms with van der Waals surface area (Å²) in [6.07, 6.45) is -0.609. The highest BCUT2D eigenvalue weighted by Crippen LogP contribution is 2.22. The monoisotopic (exact) mass is 312 g/mol. The molecule has 2 N–H and O–H groups in total. The van der Waals surface area contributed by atoms with Gasteiger partial charge in [0.1, 0.15) is 0 Å². The lowest BCUT2D eigenvalue weighted by atomic mass is 10.1. The van der Waals surface area contributed by atoms with Crippen molar-refractivity contribution in [3.8, 4) is 5.75 Å². The minimum atomic E-state index is -0.609. The number of benzene rings is 1.